The molecule has 0 N–H and O–H groups in total. The third-order valence-electron chi connectivity index (χ3n) is 4.46. The molecule has 124 valence electrons. The highest BCUT2D eigenvalue weighted by Gasteiger charge is 2.30. The van der Waals surface area contributed by atoms with Crippen LogP contribution in [-0.4, -0.2) is 24.9 Å². The molecule has 6 heteroatoms. The molecule has 0 unspecified atom stereocenters. The lowest BCUT2D eigenvalue weighted by Gasteiger charge is -2.12. The van der Waals surface area contributed by atoms with Gasteiger partial charge in [-0.25, -0.2) is 9.78 Å². The highest BCUT2D eigenvalue weighted by Crippen LogP contribution is 2.42. The van der Waals surface area contributed by atoms with Crippen LogP contribution in [0, 0.1) is 0 Å². The summed E-state index contributed by atoms with van der Waals surface area (Å²) in [5.41, 5.74) is 3.51. The number of hydrogen-bond donors (Lipinski definition) is 0. The molecule has 25 heavy (non-hydrogen) atoms. The van der Waals surface area contributed by atoms with Crippen LogP contribution in [0.2, 0.25) is 0 Å². The third-order valence-corrected chi connectivity index (χ3v) is 4.46. The first-order valence-electron chi connectivity index (χ1n) is 7.82. The van der Waals surface area contributed by atoms with E-state index >= 15 is 0 Å². The first-order valence-corrected chi connectivity index (χ1v) is 7.82. The Morgan fingerprint density at radius 3 is 2.72 bits per heavy atom. The first-order chi connectivity index (χ1) is 12.2. The number of carbonyl (C=O) groups excluding carboxylic acids is 1. The molecule has 2 aromatic carbocycles. The fourth-order valence-electron chi connectivity index (χ4n) is 3.31. The number of methoxy groups -OCH3 is 1. The molecular formula is C19H13NO5. The van der Waals surface area contributed by atoms with Crippen molar-refractivity contribution >= 4 is 16.9 Å². The van der Waals surface area contributed by atoms with E-state index in [1.807, 2.05) is 36.4 Å². The number of pyridine rings is 1. The molecular weight excluding hydrogens is 322 g/mol. The van der Waals surface area contributed by atoms with Gasteiger partial charge >= 0.3 is 5.97 Å². The maximum Gasteiger partial charge on any atom is 0.341 e. The average molecular weight is 335 g/mol. The molecule has 1 aromatic heterocycles. The van der Waals surface area contributed by atoms with Crippen LogP contribution in [0.4, 0.5) is 0 Å². The highest BCUT2D eigenvalue weighted by atomic mass is 16.7. The second kappa shape index (κ2) is 5.11. The largest absolute Gasteiger partial charge is 0.497 e. The summed E-state index contributed by atoms with van der Waals surface area (Å²) in [7, 11) is 1.61. The van der Waals surface area contributed by atoms with Gasteiger partial charge < -0.3 is 18.9 Å². The number of esters is 1. The van der Waals surface area contributed by atoms with E-state index in [2.05, 4.69) is 4.98 Å². The van der Waals surface area contributed by atoms with E-state index in [1.165, 1.54) is 0 Å². The van der Waals surface area contributed by atoms with Gasteiger partial charge in [0, 0.05) is 17.0 Å². The molecule has 3 heterocycles. The topological polar surface area (TPSA) is 66.9 Å². The van der Waals surface area contributed by atoms with Crippen molar-refractivity contribution < 1.29 is 23.7 Å². The molecule has 0 saturated carbocycles. The van der Waals surface area contributed by atoms with Crippen molar-refractivity contribution in [3.05, 3.63) is 47.7 Å². The molecule has 0 bridgehead atoms. The number of carbonyl (C=O) groups is 1. The number of cyclic esters (lactones) is 1. The second-order valence-corrected chi connectivity index (χ2v) is 5.84. The number of benzene rings is 2. The predicted octanol–water partition coefficient (Wildman–Crippen LogP) is 3.31. The molecule has 0 aliphatic carbocycles. The SMILES string of the molecule is COc1cccc(-c2c3c(nc4cc5c(cc24)OCO5)COC3=O)c1. The summed E-state index contributed by atoms with van der Waals surface area (Å²) in [5.74, 6) is 1.65. The maximum absolute atomic E-state index is 12.3. The van der Waals surface area contributed by atoms with Crippen LogP contribution in [0.15, 0.2) is 36.4 Å². The molecule has 0 fully saturated rings. The molecule has 0 saturated heterocycles. The molecule has 0 atom stereocenters. The molecule has 6 nitrogen and oxygen atoms in total. The summed E-state index contributed by atoms with van der Waals surface area (Å²) in [6.45, 7) is 0.359. The molecule has 3 aromatic rings. The van der Waals surface area contributed by atoms with Crippen molar-refractivity contribution in [2.45, 2.75) is 6.61 Å². The van der Waals surface area contributed by atoms with Gasteiger partial charge in [-0.15, -0.1) is 0 Å². The Bertz CT molecular complexity index is 1040. The Morgan fingerprint density at radius 1 is 1.04 bits per heavy atom. The monoisotopic (exact) mass is 335 g/mol. The first kappa shape index (κ1) is 14.1. The van der Waals surface area contributed by atoms with Crippen LogP contribution < -0.4 is 14.2 Å². The smallest absolute Gasteiger partial charge is 0.341 e. The minimum Gasteiger partial charge on any atom is -0.497 e. The van der Waals surface area contributed by atoms with E-state index in [9.17, 15) is 4.79 Å². The van der Waals surface area contributed by atoms with E-state index in [1.54, 1.807) is 7.11 Å². The third kappa shape index (κ3) is 2.04. The van der Waals surface area contributed by atoms with Gasteiger partial charge in [-0.2, -0.15) is 0 Å². The van der Waals surface area contributed by atoms with Crippen molar-refractivity contribution in [1.82, 2.24) is 4.98 Å². The van der Waals surface area contributed by atoms with Crippen LogP contribution in [0.1, 0.15) is 16.1 Å². The Kier molecular flexibility index (Phi) is 2.88. The number of hydrogen-bond acceptors (Lipinski definition) is 6. The molecule has 0 amide bonds. The lowest BCUT2D eigenvalue weighted by atomic mass is 9.94. The zero-order chi connectivity index (χ0) is 17.0. The van der Waals surface area contributed by atoms with Crippen LogP contribution in [-0.2, 0) is 11.3 Å². The van der Waals surface area contributed by atoms with E-state index in [-0.39, 0.29) is 19.4 Å². The Morgan fingerprint density at radius 2 is 1.88 bits per heavy atom. The van der Waals surface area contributed by atoms with Crippen molar-refractivity contribution in [3.8, 4) is 28.4 Å². The number of nitrogens with zero attached hydrogens (tertiary/aromatic N) is 1. The van der Waals surface area contributed by atoms with Crippen LogP contribution in [0.5, 0.6) is 17.2 Å². The van der Waals surface area contributed by atoms with Crippen LogP contribution in [0.25, 0.3) is 22.0 Å². The summed E-state index contributed by atoms with van der Waals surface area (Å²) in [6.07, 6.45) is 0. The fourth-order valence-corrected chi connectivity index (χ4v) is 3.31. The minimum atomic E-state index is -0.361. The number of ether oxygens (including phenoxy) is 4. The predicted molar refractivity (Wildman–Crippen MR) is 89.0 cm³/mol. The quantitative estimate of drug-likeness (QED) is 0.669. The second-order valence-electron chi connectivity index (χ2n) is 5.84. The van der Waals surface area contributed by atoms with E-state index in [0.29, 0.717) is 28.5 Å². The minimum absolute atomic E-state index is 0.176. The highest BCUT2D eigenvalue weighted by molar-refractivity contribution is 6.09. The van der Waals surface area contributed by atoms with Gasteiger partial charge in [0.2, 0.25) is 6.79 Å². The van der Waals surface area contributed by atoms with Gasteiger partial charge in [0.15, 0.2) is 11.5 Å². The molecule has 2 aliphatic rings. The Labute approximate surface area is 142 Å². The van der Waals surface area contributed by atoms with Crippen LogP contribution >= 0.6 is 0 Å². The van der Waals surface area contributed by atoms with E-state index in [4.69, 9.17) is 18.9 Å². The molecule has 5 rings (SSSR count). The Hall–Kier alpha value is -3.28. The van der Waals surface area contributed by atoms with Crippen molar-refractivity contribution in [2.24, 2.45) is 0 Å². The van der Waals surface area contributed by atoms with Gasteiger partial charge in [0.05, 0.1) is 23.9 Å². The van der Waals surface area contributed by atoms with Crippen LogP contribution in [0.3, 0.4) is 0 Å². The Balaban J connectivity index is 1.88. The zero-order valence-corrected chi connectivity index (χ0v) is 13.4. The molecule has 0 spiro atoms. The van der Waals surface area contributed by atoms with E-state index < -0.39 is 0 Å². The standard InChI is InChI=1S/C19H13NO5/c1-22-11-4-2-3-10(5-11)17-12-6-15-16(25-9-24-15)7-13(12)20-14-8-23-19(21)18(14)17/h2-7H,8-9H2,1H3. The van der Waals surface area contributed by atoms with Gasteiger partial charge in [-0.1, -0.05) is 12.1 Å². The van der Waals surface area contributed by atoms with Gasteiger partial charge in [-0.05, 0) is 23.8 Å². The van der Waals surface area contributed by atoms with E-state index in [0.717, 1.165) is 22.0 Å². The normalized spacial score (nSPS) is 14.5. The number of rotatable bonds is 2. The maximum atomic E-state index is 12.3. The van der Waals surface area contributed by atoms with Crippen molar-refractivity contribution in [2.75, 3.05) is 13.9 Å². The lowest BCUT2D eigenvalue weighted by molar-refractivity contribution is 0.0534. The van der Waals surface area contributed by atoms with Gasteiger partial charge in [0.1, 0.15) is 12.4 Å². The molecule has 2 aliphatic heterocycles. The zero-order valence-electron chi connectivity index (χ0n) is 13.4. The summed E-state index contributed by atoms with van der Waals surface area (Å²) in [5, 5.41) is 0.815. The summed E-state index contributed by atoms with van der Waals surface area (Å²) < 4.78 is 21.5. The van der Waals surface area contributed by atoms with Gasteiger partial charge in [0.25, 0.3) is 0 Å². The summed E-state index contributed by atoms with van der Waals surface area (Å²) >= 11 is 0. The number of aromatic nitrogens is 1. The fraction of sp³-hybridized carbons (Fsp3) is 0.158. The summed E-state index contributed by atoms with van der Waals surface area (Å²) in [6, 6.07) is 11.3. The summed E-state index contributed by atoms with van der Waals surface area (Å²) in [4.78, 5) is 16.9. The average Bonchev–Trinajstić information content (AvgIpc) is 3.24. The molecule has 0 radical (unpaired) electrons. The van der Waals surface area contributed by atoms with Crippen molar-refractivity contribution in [3.63, 3.8) is 0 Å². The number of fused-ring (bicyclic) bond motifs is 3. The van der Waals surface area contributed by atoms with Gasteiger partial charge in [-0.3, -0.25) is 0 Å². The van der Waals surface area contributed by atoms with Crippen molar-refractivity contribution in [1.29, 1.82) is 0 Å². The lowest BCUT2D eigenvalue weighted by Crippen LogP contribution is -2.00.